The first-order chi connectivity index (χ1) is 9.76. The molecule has 0 radical (unpaired) electrons. The van der Waals surface area contributed by atoms with Crippen molar-refractivity contribution >= 4 is 5.82 Å². The van der Waals surface area contributed by atoms with Gasteiger partial charge in [0.1, 0.15) is 11.6 Å². The average Bonchev–Trinajstić information content (AvgIpc) is 3.26. The molecule has 0 bridgehead atoms. The highest BCUT2D eigenvalue weighted by Gasteiger charge is 2.31. The van der Waals surface area contributed by atoms with Gasteiger partial charge in [0.05, 0.1) is 5.69 Å². The predicted octanol–water partition coefficient (Wildman–Crippen LogP) is 4.37. The Labute approximate surface area is 120 Å². The van der Waals surface area contributed by atoms with E-state index < -0.39 is 0 Å². The SMILES string of the molecule is CCC(CC)c1nc(-c2ccccc2)n(C2CC2)c1N. The van der Waals surface area contributed by atoms with Gasteiger partial charge in [-0.05, 0) is 25.7 Å². The number of aromatic nitrogens is 2. The molecule has 3 nitrogen and oxygen atoms in total. The molecule has 1 fully saturated rings. The molecule has 0 unspecified atom stereocenters. The Morgan fingerprint density at radius 3 is 2.40 bits per heavy atom. The van der Waals surface area contributed by atoms with E-state index in [1.54, 1.807) is 0 Å². The van der Waals surface area contributed by atoms with Crippen LogP contribution in [-0.2, 0) is 0 Å². The Morgan fingerprint density at radius 2 is 1.85 bits per heavy atom. The number of hydrogen-bond acceptors (Lipinski definition) is 2. The lowest BCUT2D eigenvalue weighted by atomic mass is 9.99. The molecule has 0 saturated heterocycles. The van der Waals surface area contributed by atoms with E-state index in [1.165, 1.54) is 18.4 Å². The lowest BCUT2D eigenvalue weighted by Crippen LogP contribution is -2.05. The summed E-state index contributed by atoms with van der Waals surface area (Å²) < 4.78 is 2.27. The number of anilines is 1. The third-order valence-corrected chi connectivity index (χ3v) is 4.29. The van der Waals surface area contributed by atoms with Gasteiger partial charge in [0.15, 0.2) is 0 Å². The smallest absolute Gasteiger partial charge is 0.142 e. The van der Waals surface area contributed by atoms with Gasteiger partial charge in [0.2, 0.25) is 0 Å². The molecule has 1 aromatic heterocycles. The Morgan fingerprint density at radius 1 is 1.20 bits per heavy atom. The van der Waals surface area contributed by atoms with Crippen LogP contribution in [0.3, 0.4) is 0 Å². The molecule has 3 rings (SSSR count). The second kappa shape index (κ2) is 5.31. The summed E-state index contributed by atoms with van der Waals surface area (Å²) in [7, 11) is 0. The number of nitrogens with zero attached hydrogens (tertiary/aromatic N) is 2. The summed E-state index contributed by atoms with van der Waals surface area (Å²) in [5.41, 5.74) is 8.70. The molecule has 2 aromatic rings. The first-order valence-electron chi connectivity index (χ1n) is 7.69. The summed E-state index contributed by atoms with van der Waals surface area (Å²) in [6.45, 7) is 4.43. The van der Waals surface area contributed by atoms with Crippen molar-refractivity contribution in [2.75, 3.05) is 5.73 Å². The van der Waals surface area contributed by atoms with Crippen LogP contribution in [0.5, 0.6) is 0 Å². The van der Waals surface area contributed by atoms with Gasteiger partial charge < -0.3 is 10.3 Å². The van der Waals surface area contributed by atoms with Gasteiger partial charge in [0.25, 0.3) is 0 Å². The van der Waals surface area contributed by atoms with Gasteiger partial charge in [-0.25, -0.2) is 4.98 Å². The molecule has 1 aromatic carbocycles. The normalized spacial score (nSPS) is 14.9. The molecule has 0 aliphatic heterocycles. The highest BCUT2D eigenvalue weighted by Crippen LogP contribution is 2.43. The number of nitrogens with two attached hydrogens (primary N) is 1. The zero-order chi connectivity index (χ0) is 14.1. The fourth-order valence-electron chi connectivity index (χ4n) is 2.93. The maximum Gasteiger partial charge on any atom is 0.142 e. The molecule has 1 aliphatic carbocycles. The van der Waals surface area contributed by atoms with Crippen molar-refractivity contribution in [3.05, 3.63) is 36.0 Å². The number of nitrogen functional groups attached to an aromatic ring is 1. The largest absolute Gasteiger partial charge is 0.384 e. The molecule has 0 amide bonds. The molecule has 0 spiro atoms. The fraction of sp³-hybridized carbons (Fsp3) is 0.471. The predicted molar refractivity (Wildman–Crippen MR) is 83.7 cm³/mol. The molecule has 106 valence electrons. The van der Waals surface area contributed by atoms with E-state index in [2.05, 4.69) is 42.7 Å². The minimum Gasteiger partial charge on any atom is -0.384 e. The van der Waals surface area contributed by atoms with Crippen molar-refractivity contribution < 1.29 is 0 Å². The van der Waals surface area contributed by atoms with E-state index in [9.17, 15) is 0 Å². The summed E-state index contributed by atoms with van der Waals surface area (Å²) in [5, 5.41) is 0. The number of rotatable bonds is 5. The van der Waals surface area contributed by atoms with Crippen LogP contribution in [0.25, 0.3) is 11.4 Å². The van der Waals surface area contributed by atoms with Gasteiger partial charge in [-0.2, -0.15) is 0 Å². The highest BCUT2D eigenvalue weighted by atomic mass is 15.2. The molecule has 3 heteroatoms. The standard InChI is InChI=1S/C17H23N3/c1-3-12(4-2)15-16(18)20(14-10-11-14)17(19-15)13-8-6-5-7-9-13/h5-9,12,14H,3-4,10-11,18H2,1-2H3. The van der Waals surface area contributed by atoms with E-state index in [1.807, 2.05) is 6.07 Å². The van der Waals surface area contributed by atoms with Gasteiger partial charge in [-0.1, -0.05) is 44.2 Å². The zero-order valence-electron chi connectivity index (χ0n) is 12.3. The van der Waals surface area contributed by atoms with Crippen molar-refractivity contribution in [2.45, 2.75) is 51.5 Å². The quantitative estimate of drug-likeness (QED) is 0.875. The maximum atomic E-state index is 6.43. The van der Waals surface area contributed by atoms with Crippen LogP contribution in [0.4, 0.5) is 5.82 Å². The van der Waals surface area contributed by atoms with Crippen LogP contribution in [0.15, 0.2) is 30.3 Å². The second-order valence-electron chi connectivity index (χ2n) is 5.69. The molecular formula is C17H23N3. The van der Waals surface area contributed by atoms with Gasteiger partial charge in [-0.3, -0.25) is 0 Å². The first-order valence-corrected chi connectivity index (χ1v) is 7.69. The number of imidazole rings is 1. The van der Waals surface area contributed by atoms with Crippen LogP contribution in [-0.4, -0.2) is 9.55 Å². The second-order valence-corrected chi connectivity index (χ2v) is 5.69. The van der Waals surface area contributed by atoms with E-state index in [0.717, 1.165) is 30.2 Å². The summed E-state index contributed by atoms with van der Waals surface area (Å²) in [4.78, 5) is 4.92. The first kappa shape index (κ1) is 13.2. The topological polar surface area (TPSA) is 43.8 Å². The Hall–Kier alpha value is -1.77. The van der Waals surface area contributed by atoms with Crippen molar-refractivity contribution in [1.82, 2.24) is 9.55 Å². The molecule has 1 saturated carbocycles. The molecule has 1 aliphatic rings. The molecule has 2 N–H and O–H groups in total. The highest BCUT2D eigenvalue weighted by molar-refractivity contribution is 5.61. The fourth-order valence-corrected chi connectivity index (χ4v) is 2.93. The third kappa shape index (κ3) is 2.21. The zero-order valence-corrected chi connectivity index (χ0v) is 12.3. The van der Waals surface area contributed by atoms with Crippen molar-refractivity contribution in [3.63, 3.8) is 0 Å². The molecular weight excluding hydrogens is 246 g/mol. The third-order valence-electron chi connectivity index (χ3n) is 4.29. The van der Waals surface area contributed by atoms with Crippen molar-refractivity contribution in [3.8, 4) is 11.4 Å². The number of hydrogen-bond donors (Lipinski definition) is 1. The van der Waals surface area contributed by atoms with Crippen molar-refractivity contribution in [1.29, 1.82) is 0 Å². The summed E-state index contributed by atoms with van der Waals surface area (Å²) in [6, 6.07) is 11.0. The van der Waals surface area contributed by atoms with Crippen LogP contribution in [0.2, 0.25) is 0 Å². The van der Waals surface area contributed by atoms with Crippen molar-refractivity contribution in [2.24, 2.45) is 0 Å². The maximum absolute atomic E-state index is 6.43. The van der Waals surface area contributed by atoms with Crippen LogP contribution in [0.1, 0.15) is 57.2 Å². The average molecular weight is 269 g/mol. The summed E-state index contributed by atoms with van der Waals surface area (Å²) in [6.07, 6.45) is 4.64. The Bertz CT molecular complexity index is 578. The van der Waals surface area contributed by atoms with Crippen LogP contribution >= 0.6 is 0 Å². The van der Waals surface area contributed by atoms with Gasteiger partial charge in [-0.15, -0.1) is 0 Å². The van der Waals surface area contributed by atoms with Gasteiger partial charge >= 0.3 is 0 Å². The minimum atomic E-state index is 0.470. The number of benzene rings is 1. The summed E-state index contributed by atoms with van der Waals surface area (Å²) >= 11 is 0. The lowest BCUT2D eigenvalue weighted by molar-refractivity contribution is 0.627. The van der Waals surface area contributed by atoms with E-state index in [4.69, 9.17) is 10.7 Å². The molecule has 0 atom stereocenters. The Balaban J connectivity index is 2.11. The molecule has 1 heterocycles. The summed E-state index contributed by atoms with van der Waals surface area (Å²) in [5.74, 6) is 2.41. The molecule has 20 heavy (non-hydrogen) atoms. The monoisotopic (exact) mass is 269 g/mol. The Kier molecular flexibility index (Phi) is 3.51. The van der Waals surface area contributed by atoms with Gasteiger partial charge in [0, 0.05) is 17.5 Å². The van der Waals surface area contributed by atoms with Crippen LogP contribution in [0, 0.1) is 0 Å². The minimum absolute atomic E-state index is 0.470. The van der Waals surface area contributed by atoms with E-state index in [-0.39, 0.29) is 0 Å². The lowest BCUT2D eigenvalue weighted by Gasteiger charge is -2.11. The van der Waals surface area contributed by atoms with Crippen LogP contribution < -0.4 is 5.73 Å². The van der Waals surface area contributed by atoms with E-state index in [0.29, 0.717) is 12.0 Å². The van der Waals surface area contributed by atoms with E-state index >= 15 is 0 Å².